The van der Waals surface area contributed by atoms with E-state index in [-0.39, 0.29) is 6.10 Å². The largest absolute Gasteiger partial charge is 0.480 e. The van der Waals surface area contributed by atoms with Crippen molar-refractivity contribution in [3.63, 3.8) is 0 Å². The van der Waals surface area contributed by atoms with Gasteiger partial charge in [0.2, 0.25) is 0 Å². The highest BCUT2D eigenvalue weighted by atomic mass is 16.5. The number of methoxy groups -OCH3 is 1. The number of ether oxygens (including phenoxy) is 1. The average molecular weight is 249 g/mol. The maximum absolute atomic E-state index is 11.4. The van der Waals surface area contributed by atoms with E-state index < -0.39 is 12.0 Å². The Morgan fingerprint density at radius 2 is 2.17 bits per heavy atom. The van der Waals surface area contributed by atoms with Gasteiger partial charge in [0.1, 0.15) is 6.04 Å². The molecule has 0 fully saturated rings. The van der Waals surface area contributed by atoms with Crippen molar-refractivity contribution in [2.75, 3.05) is 13.7 Å². The number of aliphatic carboxylic acids is 1. The molecule has 1 aromatic carbocycles. The number of carboxylic acid groups (broad SMARTS) is 1. The molecule has 1 aromatic rings. The lowest BCUT2D eigenvalue weighted by atomic mass is 9.94. The maximum atomic E-state index is 11.4. The van der Waals surface area contributed by atoms with Crippen molar-refractivity contribution in [2.45, 2.75) is 32.0 Å². The molecule has 4 nitrogen and oxygen atoms in total. The molecule has 0 amide bonds. The fraction of sp³-hybridized carbons (Fsp3) is 0.500. The molecule has 98 valence electrons. The highest BCUT2D eigenvalue weighted by molar-refractivity contribution is 5.74. The monoisotopic (exact) mass is 249 g/mol. The fourth-order valence-electron chi connectivity index (χ4n) is 2.42. The first kappa shape index (κ1) is 13.1. The summed E-state index contributed by atoms with van der Waals surface area (Å²) >= 11 is 0. The topological polar surface area (TPSA) is 49.8 Å². The Balaban J connectivity index is 2.20. The zero-order valence-electron chi connectivity index (χ0n) is 10.8. The summed E-state index contributed by atoms with van der Waals surface area (Å²) in [5.41, 5.74) is 2.37. The molecule has 1 unspecified atom stereocenters. The quantitative estimate of drug-likeness (QED) is 0.879. The van der Waals surface area contributed by atoms with Gasteiger partial charge >= 0.3 is 5.97 Å². The van der Waals surface area contributed by atoms with E-state index in [1.807, 2.05) is 30.0 Å². The van der Waals surface area contributed by atoms with Gasteiger partial charge in [-0.3, -0.25) is 9.69 Å². The molecule has 18 heavy (non-hydrogen) atoms. The number of carbonyl (C=O) groups is 1. The molecule has 0 saturated heterocycles. The van der Waals surface area contributed by atoms with E-state index in [0.29, 0.717) is 19.5 Å². The van der Waals surface area contributed by atoms with Crippen LogP contribution in [0.3, 0.4) is 0 Å². The number of benzene rings is 1. The van der Waals surface area contributed by atoms with Gasteiger partial charge in [0.25, 0.3) is 0 Å². The fourth-order valence-corrected chi connectivity index (χ4v) is 2.42. The minimum Gasteiger partial charge on any atom is -0.480 e. The molecule has 0 saturated carbocycles. The van der Waals surface area contributed by atoms with E-state index in [1.165, 1.54) is 5.56 Å². The lowest BCUT2D eigenvalue weighted by molar-refractivity contribution is -0.144. The number of nitrogens with zero attached hydrogens (tertiary/aromatic N) is 1. The van der Waals surface area contributed by atoms with Crippen LogP contribution in [0.4, 0.5) is 0 Å². The Kier molecular flexibility index (Phi) is 3.99. The molecule has 0 radical (unpaired) electrons. The zero-order valence-corrected chi connectivity index (χ0v) is 10.8. The third-order valence-electron chi connectivity index (χ3n) is 3.52. The zero-order chi connectivity index (χ0) is 13.1. The SMILES string of the molecule is COC(C)CN1Cc2ccccc2C[C@H]1C(=O)O. The molecule has 0 aliphatic carbocycles. The van der Waals surface area contributed by atoms with E-state index in [1.54, 1.807) is 7.11 Å². The van der Waals surface area contributed by atoms with Gasteiger partial charge in [-0.2, -0.15) is 0 Å². The summed E-state index contributed by atoms with van der Waals surface area (Å²) in [4.78, 5) is 13.3. The molecule has 0 aromatic heterocycles. The van der Waals surface area contributed by atoms with Gasteiger partial charge in [0.05, 0.1) is 6.10 Å². The van der Waals surface area contributed by atoms with Crippen LogP contribution in [0, 0.1) is 0 Å². The van der Waals surface area contributed by atoms with Crippen LogP contribution >= 0.6 is 0 Å². The van der Waals surface area contributed by atoms with Gasteiger partial charge in [-0.05, 0) is 24.5 Å². The molecule has 1 aliphatic rings. The van der Waals surface area contributed by atoms with Crippen LogP contribution in [-0.4, -0.2) is 41.8 Å². The van der Waals surface area contributed by atoms with Crippen LogP contribution in [-0.2, 0) is 22.5 Å². The summed E-state index contributed by atoms with van der Waals surface area (Å²) in [6.07, 6.45) is 0.610. The van der Waals surface area contributed by atoms with E-state index in [0.717, 1.165) is 5.56 Å². The maximum Gasteiger partial charge on any atom is 0.321 e. The molecule has 0 spiro atoms. The third-order valence-corrected chi connectivity index (χ3v) is 3.52. The van der Waals surface area contributed by atoms with Gasteiger partial charge < -0.3 is 9.84 Å². The molecule has 2 rings (SSSR count). The number of fused-ring (bicyclic) bond motifs is 1. The van der Waals surface area contributed by atoms with E-state index in [4.69, 9.17) is 4.74 Å². The summed E-state index contributed by atoms with van der Waals surface area (Å²) in [5, 5.41) is 9.34. The second-order valence-corrected chi connectivity index (χ2v) is 4.80. The molecular formula is C14H19NO3. The second kappa shape index (κ2) is 5.50. The lowest BCUT2D eigenvalue weighted by Gasteiger charge is -2.35. The first-order valence-electron chi connectivity index (χ1n) is 6.18. The summed E-state index contributed by atoms with van der Waals surface area (Å²) in [6.45, 7) is 3.28. The van der Waals surface area contributed by atoms with Gasteiger partial charge in [-0.1, -0.05) is 24.3 Å². The minimum atomic E-state index is -0.757. The van der Waals surface area contributed by atoms with Gasteiger partial charge in [-0.15, -0.1) is 0 Å². The predicted molar refractivity (Wildman–Crippen MR) is 68.5 cm³/mol. The summed E-state index contributed by atoms with van der Waals surface area (Å²) in [7, 11) is 1.65. The van der Waals surface area contributed by atoms with Crippen molar-refractivity contribution >= 4 is 5.97 Å². The number of hydrogen-bond donors (Lipinski definition) is 1. The smallest absolute Gasteiger partial charge is 0.321 e. The van der Waals surface area contributed by atoms with Crippen LogP contribution in [0.1, 0.15) is 18.1 Å². The Bertz CT molecular complexity index is 433. The number of rotatable bonds is 4. The van der Waals surface area contributed by atoms with Crippen molar-refractivity contribution in [3.8, 4) is 0 Å². The highest BCUT2D eigenvalue weighted by Gasteiger charge is 2.31. The molecule has 4 heteroatoms. The highest BCUT2D eigenvalue weighted by Crippen LogP contribution is 2.23. The van der Waals surface area contributed by atoms with Crippen LogP contribution in [0.5, 0.6) is 0 Å². The van der Waals surface area contributed by atoms with Crippen LogP contribution in [0.2, 0.25) is 0 Å². The Morgan fingerprint density at radius 1 is 1.50 bits per heavy atom. The minimum absolute atomic E-state index is 0.0390. The van der Waals surface area contributed by atoms with Crippen molar-refractivity contribution in [1.29, 1.82) is 0 Å². The van der Waals surface area contributed by atoms with Crippen molar-refractivity contribution in [2.24, 2.45) is 0 Å². The average Bonchev–Trinajstić information content (AvgIpc) is 2.37. The summed E-state index contributed by atoms with van der Waals surface area (Å²) < 4.78 is 5.23. The molecule has 1 N–H and O–H groups in total. The molecule has 2 atom stereocenters. The third kappa shape index (κ3) is 2.71. The van der Waals surface area contributed by atoms with Crippen molar-refractivity contribution in [3.05, 3.63) is 35.4 Å². The lowest BCUT2D eigenvalue weighted by Crippen LogP contribution is -2.48. The van der Waals surface area contributed by atoms with E-state index in [2.05, 4.69) is 6.07 Å². The summed E-state index contributed by atoms with van der Waals surface area (Å²) in [6, 6.07) is 7.60. The molecule has 1 aliphatic heterocycles. The Labute approximate surface area is 107 Å². The molecular weight excluding hydrogens is 230 g/mol. The summed E-state index contributed by atoms with van der Waals surface area (Å²) in [5.74, 6) is -0.757. The standard InChI is InChI=1S/C14H19NO3/c1-10(18-2)8-15-9-12-6-4-3-5-11(12)7-13(15)14(16)17/h3-6,10,13H,7-9H2,1-2H3,(H,16,17)/t10?,13-/m0/s1. The van der Waals surface area contributed by atoms with Crippen molar-refractivity contribution in [1.82, 2.24) is 4.90 Å². The van der Waals surface area contributed by atoms with Crippen molar-refractivity contribution < 1.29 is 14.6 Å². The van der Waals surface area contributed by atoms with Crippen LogP contribution < -0.4 is 0 Å². The molecule has 0 bridgehead atoms. The Hall–Kier alpha value is -1.39. The first-order valence-corrected chi connectivity index (χ1v) is 6.18. The van der Waals surface area contributed by atoms with Gasteiger partial charge in [0.15, 0.2) is 0 Å². The molecule has 1 heterocycles. The van der Waals surface area contributed by atoms with E-state index in [9.17, 15) is 9.90 Å². The number of hydrogen-bond acceptors (Lipinski definition) is 3. The van der Waals surface area contributed by atoms with E-state index >= 15 is 0 Å². The second-order valence-electron chi connectivity index (χ2n) is 4.80. The van der Waals surface area contributed by atoms with Gasteiger partial charge in [-0.25, -0.2) is 0 Å². The first-order chi connectivity index (χ1) is 8.61. The number of carboxylic acids is 1. The predicted octanol–water partition coefficient (Wildman–Crippen LogP) is 1.53. The Morgan fingerprint density at radius 3 is 2.78 bits per heavy atom. The van der Waals surface area contributed by atoms with Crippen LogP contribution in [0.15, 0.2) is 24.3 Å². The van der Waals surface area contributed by atoms with Crippen LogP contribution in [0.25, 0.3) is 0 Å². The van der Waals surface area contributed by atoms with Gasteiger partial charge in [0, 0.05) is 20.2 Å². The normalized spacial score (nSPS) is 21.3.